The molecule has 0 spiro atoms. The first kappa shape index (κ1) is 26.8. The van der Waals surface area contributed by atoms with E-state index >= 15 is 0 Å². The van der Waals surface area contributed by atoms with E-state index < -0.39 is 43.2 Å². The number of carbonyl (C=O) groups is 1. The monoisotopic (exact) mass is 536 g/mol. The zero-order chi connectivity index (χ0) is 26.7. The van der Waals surface area contributed by atoms with Gasteiger partial charge < -0.3 is 46.1 Å². The highest BCUT2D eigenvalue weighted by Gasteiger charge is 2.45. The Kier molecular flexibility index (Phi) is 8.31. The third kappa shape index (κ3) is 5.56. The fraction of sp³-hybridized carbons (Fsp3) is 0.455. The number of imidazole rings is 1. The fourth-order valence-electron chi connectivity index (χ4n) is 3.76. The van der Waals surface area contributed by atoms with Crippen LogP contribution in [0.15, 0.2) is 29.7 Å². The van der Waals surface area contributed by atoms with Gasteiger partial charge in [-0.05, 0) is 25.1 Å². The fourth-order valence-corrected chi connectivity index (χ4v) is 4.68. The lowest BCUT2D eigenvalue weighted by molar-refractivity contribution is -0.0548. The Balaban J connectivity index is 1.46. The quantitative estimate of drug-likeness (QED) is 0.107. The summed E-state index contributed by atoms with van der Waals surface area (Å²) >= 11 is 1.11. The molecular weight excluding hydrogens is 508 g/mol. The molecule has 2 aromatic heterocycles. The van der Waals surface area contributed by atoms with Crippen LogP contribution in [-0.4, -0.2) is 95.9 Å². The molecule has 3 heterocycles. The lowest BCUT2D eigenvalue weighted by Gasteiger charge is -2.19. The van der Waals surface area contributed by atoms with Gasteiger partial charge in [0.15, 0.2) is 28.4 Å². The summed E-state index contributed by atoms with van der Waals surface area (Å²) in [6.45, 7) is 1.32. The van der Waals surface area contributed by atoms with Gasteiger partial charge in [0, 0.05) is 5.75 Å². The first-order valence-electron chi connectivity index (χ1n) is 11.4. The highest BCUT2D eigenvalue weighted by Crippen LogP contribution is 2.36. The highest BCUT2D eigenvalue weighted by atomic mass is 32.2. The minimum absolute atomic E-state index is 0.1000. The number of hydrogen-bond acceptors (Lipinski definition) is 14. The van der Waals surface area contributed by atoms with Gasteiger partial charge in [0.2, 0.25) is 0 Å². The van der Waals surface area contributed by atoms with Crippen LogP contribution in [0.5, 0.6) is 5.75 Å². The van der Waals surface area contributed by atoms with E-state index in [4.69, 9.17) is 25.7 Å². The number of nitrogens with zero attached hydrogens (tertiary/aromatic N) is 4. The lowest BCUT2D eigenvalue weighted by Crippen LogP contribution is -2.33. The van der Waals surface area contributed by atoms with Gasteiger partial charge in [0.1, 0.15) is 37.0 Å². The molecule has 4 rings (SSSR count). The van der Waals surface area contributed by atoms with Crippen molar-refractivity contribution in [2.24, 2.45) is 0 Å². The summed E-state index contributed by atoms with van der Waals surface area (Å²) in [4.78, 5) is 24.4. The van der Waals surface area contributed by atoms with Crippen LogP contribution in [0.4, 0.5) is 11.5 Å². The number of ether oxygens (including phenoxy) is 3. The molecule has 1 aromatic carbocycles. The molecule has 14 nitrogen and oxygen atoms in total. The number of aliphatic hydroxyl groups excluding tert-OH is 4. The van der Waals surface area contributed by atoms with E-state index in [-0.39, 0.29) is 52.4 Å². The number of rotatable bonds is 10. The van der Waals surface area contributed by atoms with Gasteiger partial charge in [-0.3, -0.25) is 4.57 Å². The third-order valence-corrected chi connectivity index (χ3v) is 6.70. The van der Waals surface area contributed by atoms with E-state index in [0.29, 0.717) is 5.75 Å². The Morgan fingerprint density at radius 2 is 2.05 bits per heavy atom. The van der Waals surface area contributed by atoms with Crippen LogP contribution in [-0.2, 0) is 9.47 Å². The molecule has 1 saturated heterocycles. The molecule has 200 valence electrons. The number of fused-ring (bicyclic) bond motifs is 1. The zero-order valence-corrected chi connectivity index (χ0v) is 20.6. The summed E-state index contributed by atoms with van der Waals surface area (Å²) in [6, 6.07) is 4.47. The maximum Gasteiger partial charge on any atom is 0.338 e. The lowest BCUT2D eigenvalue weighted by atomic mass is 10.1. The summed E-state index contributed by atoms with van der Waals surface area (Å²) < 4.78 is 17.7. The van der Waals surface area contributed by atoms with Crippen molar-refractivity contribution in [1.29, 1.82) is 0 Å². The first-order chi connectivity index (χ1) is 17.7. The number of thioether (sulfide) groups is 1. The standard InChI is InChI=1S/C22H28N6O8S/c1-2-34-21(33)10-3-4-13(12(23)5-10)35-7-11(30)8-37-22-27-15-18(24)25-9-26-19(15)28(22)20-17(32)16(31)14(6-29)36-20/h3-5,9,11,14,16-17,20,29-32H,2,6-8,23H2,1H3,(H2,24,25,26)/t11?,14-,16-,17-,20-/m1/s1. The second kappa shape index (κ2) is 11.5. The van der Waals surface area contributed by atoms with Gasteiger partial charge in [-0.25, -0.2) is 19.7 Å². The van der Waals surface area contributed by atoms with E-state index in [1.807, 2.05) is 0 Å². The van der Waals surface area contributed by atoms with Crippen molar-refractivity contribution in [2.45, 2.75) is 42.7 Å². The number of carbonyl (C=O) groups excluding carboxylic acids is 1. The minimum atomic E-state index is -1.38. The number of hydrogen-bond donors (Lipinski definition) is 6. The van der Waals surface area contributed by atoms with Crippen molar-refractivity contribution >= 4 is 40.4 Å². The van der Waals surface area contributed by atoms with Gasteiger partial charge >= 0.3 is 5.97 Å². The number of benzene rings is 1. The van der Waals surface area contributed by atoms with Crippen LogP contribution in [0.2, 0.25) is 0 Å². The molecule has 5 atom stereocenters. The van der Waals surface area contributed by atoms with E-state index in [9.17, 15) is 25.2 Å². The third-order valence-electron chi connectivity index (χ3n) is 5.60. The summed E-state index contributed by atoms with van der Waals surface area (Å²) in [7, 11) is 0. The van der Waals surface area contributed by atoms with Crippen molar-refractivity contribution in [3.8, 4) is 5.75 Å². The topological polar surface area (TPSA) is 221 Å². The predicted octanol–water partition coefficient (Wildman–Crippen LogP) is -0.689. The Hall–Kier alpha value is -3.21. The Morgan fingerprint density at radius 1 is 1.27 bits per heavy atom. The molecule has 1 aliphatic rings. The molecule has 3 aromatic rings. The highest BCUT2D eigenvalue weighted by molar-refractivity contribution is 7.99. The molecular formula is C22H28N6O8S. The molecule has 0 saturated carbocycles. The Morgan fingerprint density at radius 3 is 2.73 bits per heavy atom. The van der Waals surface area contributed by atoms with Crippen LogP contribution in [0.25, 0.3) is 11.2 Å². The van der Waals surface area contributed by atoms with E-state index in [2.05, 4.69) is 15.0 Å². The smallest absolute Gasteiger partial charge is 0.338 e. The number of anilines is 2. The number of aliphatic hydroxyl groups is 4. The van der Waals surface area contributed by atoms with E-state index in [0.717, 1.165) is 11.8 Å². The molecule has 37 heavy (non-hydrogen) atoms. The average Bonchev–Trinajstić information content (AvgIpc) is 3.39. The molecule has 8 N–H and O–H groups in total. The maximum absolute atomic E-state index is 11.8. The van der Waals surface area contributed by atoms with Crippen LogP contribution in [0, 0.1) is 0 Å². The van der Waals surface area contributed by atoms with Crippen molar-refractivity contribution < 1.29 is 39.4 Å². The number of aromatic nitrogens is 4. The normalized spacial score (nSPS) is 22.3. The number of nitrogens with two attached hydrogens (primary N) is 2. The summed E-state index contributed by atoms with van der Waals surface area (Å²) in [6.07, 6.45) is -4.57. The molecule has 1 fully saturated rings. The van der Waals surface area contributed by atoms with Crippen LogP contribution < -0.4 is 16.2 Å². The second-order valence-corrected chi connectivity index (χ2v) is 9.16. The minimum Gasteiger partial charge on any atom is -0.489 e. The maximum atomic E-state index is 11.8. The van der Waals surface area contributed by atoms with Crippen molar-refractivity contribution in [3.05, 3.63) is 30.1 Å². The summed E-state index contributed by atoms with van der Waals surface area (Å²) in [5, 5.41) is 41.0. The molecule has 0 aliphatic carbocycles. The summed E-state index contributed by atoms with van der Waals surface area (Å²) in [5.41, 5.74) is 12.9. The first-order valence-corrected chi connectivity index (χ1v) is 12.3. The Labute approximate surface area is 215 Å². The van der Waals surface area contributed by atoms with Crippen molar-refractivity contribution in [1.82, 2.24) is 19.5 Å². The molecule has 0 amide bonds. The molecule has 1 unspecified atom stereocenters. The van der Waals surface area contributed by atoms with Crippen LogP contribution in [0.3, 0.4) is 0 Å². The van der Waals surface area contributed by atoms with E-state index in [1.165, 1.54) is 29.1 Å². The van der Waals surface area contributed by atoms with Gasteiger partial charge in [0.25, 0.3) is 0 Å². The largest absolute Gasteiger partial charge is 0.489 e. The molecule has 0 bridgehead atoms. The van der Waals surface area contributed by atoms with Gasteiger partial charge in [-0.1, -0.05) is 11.8 Å². The van der Waals surface area contributed by atoms with E-state index in [1.54, 1.807) is 6.92 Å². The number of esters is 1. The van der Waals surface area contributed by atoms with Gasteiger partial charge in [-0.15, -0.1) is 0 Å². The zero-order valence-electron chi connectivity index (χ0n) is 19.8. The van der Waals surface area contributed by atoms with Gasteiger partial charge in [0.05, 0.1) is 30.6 Å². The van der Waals surface area contributed by atoms with Crippen LogP contribution >= 0.6 is 11.8 Å². The van der Waals surface area contributed by atoms with Crippen molar-refractivity contribution in [2.75, 3.05) is 37.0 Å². The second-order valence-electron chi connectivity index (χ2n) is 8.17. The SMILES string of the molecule is CCOC(=O)c1ccc(OCC(O)CSc2nc3c(N)ncnc3n2[C@@H]2O[C@H](CO)[C@@H](O)[C@H]2O)c(N)c1. The van der Waals surface area contributed by atoms with Gasteiger partial charge in [-0.2, -0.15) is 0 Å². The molecule has 15 heteroatoms. The number of nitrogen functional groups attached to an aromatic ring is 2. The average molecular weight is 537 g/mol. The van der Waals surface area contributed by atoms with Crippen LogP contribution in [0.1, 0.15) is 23.5 Å². The Bertz CT molecular complexity index is 1260. The summed E-state index contributed by atoms with van der Waals surface area (Å²) in [5.74, 6) is -0.00633. The van der Waals surface area contributed by atoms with Crippen molar-refractivity contribution in [3.63, 3.8) is 0 Å². The molecule has 1 aliphatic heterocycles. The molecule has 0 radical (unpaired) electrons. The predicted molar refractivity (Wildman–Crippen MR) is 132 cm³/mol.